The largest absolute Gasteiger partial charge is 0.333 e. The third-order valence-electron chi connectivity index (χ3n) is 5.40. The van der Waals surface area contributed by atoms with E-state index in [1.54, 1.807) is 10.9 Å². The molecule has 0 radical (unpaired) electrons. The Kier molecular flexibility index (Phi) is 3.84. The summed E-state index contributed by atoms with van der Waals surface area (Å²) < 4.78 is 1.72. The number of likely N-dealkylation sites (tertiary alicyclic amines) is 1. The molecule has 1 aromatic carbocycles. The molecular formula is C19H23N5O2. The Morgan fingerprint density at radius 1 is 1.38 bits per heavy atom. The molecule has 2 aromatic rings. The third kappa shape index (κ3) is 2.34. The normalized spacial score (nSPS) is 24.4. The van der Waals surface area contributed by atoms with E-state index in [2.05, 4.69) is 10.4 Å². The number of fused-ring (bicyclic) bond motifs is 2. The van der Waals surface area contributed by atoms with E-state index in [0.29, 0.717) is 19.5 Å². The van der Waals surface area contributed by atoms with Crippen molar-refractivity contribution < 1.29 is 9.59 Å². The summed E-state index contributed by atoms with van der Waals surface area (Å²) in [4.78, 5) is 29.8. The van der Waals surface area contributed by atoms with Crippen LogP contribution in [0.1, 0.15) is 23.6 Å². The molecule has 0 unspecified atom stereocenters. The molecule has 26 heavy (non-hydrogen) atoms. The van der Waals surface area contributed by atoms with Gasteiger partial charge in [-0.2, -0.15) is 5.10 Å². The molecule has 2 atom stereocenters. The van der Waals surface area contributed by atoms with Crippen molar-refractivity contribution in [1.29, 1.82) is 0 Å². The smallest absolute Gasteiger partial charge is 0.237 e. The van der Waals surface area contributed by atoms with Crippen LogP contribution >= 0.6 is 0 Å². The third-order valence-corrected chi connectivity index (χ3v) is 5.40. The molecule has 7 heteroatoms. The first-order chi connectivity index (χ1) is 12.4. The van der Waals surface area contributed by atoms with Gasteiger partial charge in [0, 0.05) is 31.0 Å². The van der Waals surface area contributed by atoms with Gasteiger partial charge in [0.1, 0.15) is 5.41 Å². The first kappa shape index (κ1) is 16.8. The van der Waals surface area contributed by atoms with E-state index in [1.165, 1.54) is 0 Å². The minimum atomic E-state index is -0.762. The molecule has 4 rings (SSSR count). The van der Waals surface area contributed by atoms with Gasteiger partial charge in [-0.15, -0.1) is 0 Å². The maximum Gasteiger partial charge on any atom is 0.237 e. The summed E-state index contributed by atoms with van der Waals surface area (Å²) in [6.07, 6.45) is 4.28. The quantitative estimate of drug-likeness (QED) is 0.899. The van der Waals surface area contributed by atoms with Crippen LogP contribution in [0.3, 0.4) is 0 Å². The number of hydrogen-bond donors (Lipinski definition) is 1. The van der Waals surface area contributed by atoms with Crippen molar-refractivity contribution in [3.8, 4) is 0 Å². The highest BCUT2D eigenvalue weighted by molar-refractivity contribution is 6.07. The van der Waals surface area contributed by atoms with Gasteiger partial charge in [0.2, 0.25) is 11.8 Å². The summed E-state index contributed by atoms with van der Waals surface area (Å²) in [6.45, 7) is 0.865. The molecule has 3 heterocycles. The van der Waals surface area contributed by atoms with Crippen molar-refractivity contribution >= 4 is 17.5 Å². The van der Waals surface area contributed by atoms with Gasteiger partial charge < -0.3 is 15.1 Å². The molecule has 1 aromatic heterocycles. The zero-order valence-corrected chi connectivity index (χ0v) is 15.3. The van der Waals surface area contributed by atoms with E-state index in [-0.39, 0.29) is 17.9 Å². The second-order valence-corrected chi connectivity index (χ2v) is 7.40. The van der Waals surface area contributed by atoms with Crippen molar-refractivity contribution in [2.75, 3.05) is 32.5 Å². The van der Waals surface area contributed by atoms with E-state index in [1.807, 2.05) is 61.4 Å². The monoisotopic (exact) mass is 353 g/mol. The molecule has 0 aliphatic carbocycles. The van der Waals surface area contributed by atoms with Crippen LogP contribution in [0.2, 0.25) is 0 Å². The van der Waals surface area contributed by atoms with Crippen LogP contribution < -0.4 is 5.32 Å². The highest BCUT2D eigenvalue weighted by atomic mass is 16.2. The Bertz CT molecular complexity index is 874. The molecule has 1 N–H and O–H groups in total. The Morgan fingerprint density at radius 2 is 2.15 bits per heavy atom. The van der Waals surface area contributed by atoms with Crippen LogP contribution in [0.4, 0.5) is 5.69 Å². The molecule has 7 nitrogen and oxygen atoms in total. The maximum absolute atomic E-state index is 13.1. The van der Waals surface area contributed by atoms with E-state index in [9.17, 15) is 9.59 Å². The standard InChI is InChI=1S/C19H23N5O2/c1-22(2)12-16(25)24-9-8-19(17(24)13-10-20-23(3)11-13)14-6-4-5-7-15(14)21-18(19)26/h4-7,10-11,17H,8-9,12H2,1-3H3,(H,21,26)/t17-,19+/m0/s1. The van der Waals surface area contributed by atoms with Crippen molar-refractivity contribution in [2.24, 2.45) is 7.05 Å². The van der Waals surface area contributed by atoms with Gasteiger partial charge in [0.15, 0.2) is 0 Å². The average Bonchev–Trinajstić information content (AvgIpc) is 3.25. The summed E-state index contributed by atoms with van der Waals surface area (Å²) in [5.41, 5.74) is 1.94. The molecule has 2 aliphatic rings. The van der Waals surface area contributed by atoms with Gasteiger partial charge in [0.05, 0.1) is 18.8 Å². The van der Waals surface area contributed by atoms with Crippen LogP contribution in [0.25, 0.3) is 0 Å². The van der Waals surface area contributed by atoms with Crippen LogP contribution in [0.15, 0.2) is 36.7 Å². The number of likely N-dealkylation sites (N-methyl/N-ethyl adjacent to an activating group) is 1. The topological polar surface area (TPSA) is 70.5 Å². The van der Waals surface area contributed by atoms with Gasteiger partial charge in [-0.1, -0.05) is 18.2 Å². The minimum Gasteiger partial charge on any atom is -0.333 e. The SMILES string of the molecule is CN(C)CC(=O)N1CC[C@]2(C(=O)Nc3ccccc32)[C@@H]1c1cnn(C)c1. The van der Waals surface area contributed by atoms with Gasteiger partial charge in [-0.3, -0.25) is 14.3 Å². The number of aromatic nitrogens is 2. The van der Waals surface area contributed by atoms with Crippen molar-refractivity contribution in [1.82, 2.24) is 19.6 Å². The average molecular weight is 353 g/mol. The number of hydrogen-bond acceptors (Lipinski definition) is 4. The maximum atomic E-state index is 13.1. The molecule has 0 saturated carbocycles. The van der Waals surface area contributed by atoms with E-state index < -0.39 is 5.41 Å². The predicted octanol–water partition coefficient (Wildman–Crippen LogP) is 1.15. The number of benzene rings is 1. The lowest BCUT2D eigenvalue weighted by Crippen LogP contribution is -2.44. The molecule has 136 valence electrons. The second-order valence-electron chi connectivity index (χ2n) is 7.40. The number of aryl methyl sites for hydroxylation is 1. The summed E-state index contributed by atoms with van der Waals surface area (Å²) in [5, 5.41) is 7.31. The van der Waals surface area contributed by atoms with Crippen molar-refractivity contribution in [2.45, 2.75) is 17.9 Å². The number of rotatable bonds is 3. The molecule has 1 spiro atoms. The zero-order valence-electron chi connectivity index (χ0n) is 15.3. The number of nitrogens with zero attached hydrogens (tertiary/aromatic N) is 4. The molecule has 0 bridgehead atoms. The minimum absolute atomic E-state index is 0.0258. The highest BCUT2D eigenvalue weighted by Gasteiger charge is 2.59. The molecular weight excluding hydrogens is 330 g/mol. The lowest BCUT2D eigenvalue weighted by atomic mass is 9.73. The first-order valence-electron chi connectivity index (χ1n) is 8.77. The number of amides is 2. The molecule has 2 amide bonds. The first-order valence-corrected chi connectivity index (χ1v) is 8.77. The van der Waals surface area contributed by atoms with Gasteiger partial charge >= 0.3 is 0 Å². The fourth-order valence-corrected chi connectivity index (χ4v) is 4.36. The van der Waals surface area contributed by atoms with Gasteiger partial charge in [0.25, 0.3) is 0 Å². The lowest BCUT2D eigenvalue weighted by molar-refractivity contribution is -0.134. The number of para-hydroxylation sites is 1. The number of nitrogens with one attached hydrogen (secondary N) is 1. The van der Waals surface area contributed by atoms with Crippen molar-refractivity contribution in [3.05, 3.63) is 47.8 Å². The van der Waals surface area contributed by atoms with Crippen LogP contribution in [0.5, 0.6) is 0 Å². The summed E-state index contributed by atoms with van der Waals surface area (Å²) in [6, 6.07) is 7.43. The van der Waals surface area contributed by atoms with E-state index >= 15 is 0 Å². The van der Waals surface area contributed by atoms with Crippen LogP contribution in [0, 0.1) is 0 Å². The second kappa shape index (κ2) is 5.95. The van der Waals surface area contributed by atoms with Gasteiger partial charge in [-0.25, -0.2) is 0 Å². The highest BCUT2D eigenvalue weighted by Crippen LogP contribution is 2.54. The number of carbonyl (C=O) groups excluding carboxylic acids is 2. The summed E-state index contributed by atoms with van der Waals surface area (Å²) in [5.74, 6) is -0.00869. The molecule has 2 aliphatic heterocycles. The Labute approximate surface area is 152 Å². The number of carbonyl (C=O) groups is 2. The lowest BCUT2D eigenvalue weighted by Gasteiger charge is -2.34. The predicted molar refractivity (Wildman–Crippen MR) is 97.6 cm³/mol. The molecule has 1 saturated heterocycles. The number of anilines is 1. The summed E-state index contributed by atoms with van der Waals surface area (Å²) in [7, 11) is 5.60. The van der Waals surface area contributed by atoms with E-state index in [4.69, 9.17) is 0 Å². The van der Waals surface area contributed by atoms with Crippen LogP contribution in [-0.2, 0) is 22.1 Å². The summed E-state index contributed by atoms with van der Waals surface area (Å²) >= 11 is 0. The fourth-order valence-electron chi connectivity index (χ4n) is 4.36. The fraction of sp³-hybridized carbons (Fsp3) is 0.421. The van der Waals surface area contributed by atoms with Gasteiger partial charge in [-0.05, 0) is 32.1 Å². The zero-order chi connectivity index (χ0) is 18.5. The molecule has 1 fully saturated rings. The Hall–Kier alpha value is -2.67. The van der Waals surface area contributed by atoms with Crippen LogP contribution in [-0.4, -0.2) is 58.6 Å². The Morgan fingerprint density at radius 3 is 2.85 bits per heavy atom. The Balaban J connectivity index is 1.85. The van der Waals surface area contributed by atoms with E-state index in [0.717, 1.165) is 16.8 Å². The van der Waals surface area contributed by atoms with Crippen molar-refractivity contribution in [3.63, 3.8) is 0 Å².